The van der Waals surface area contributed by atoms with Gasteiger partial charge in [-0.3, -0.25) is 4.98 Å². The second-order valence-corrected chi connectivity index (χ2v) is 6.16. The van der Waals surface area contributed by atoms with Crippen LogP contribution in [-0.4, -0.2) is 11.5 Å². The molecule has 0 aliphatic rings. The van der Waals surface area contributed by atoms with Crippen molar-refractivity contribution in [2.45, 2.75) is 25.8 Å². The Bertz CT molecular complexity index is 691. The predicted octanol–water partition coefficient (Wildman–Crippen LogP) is 4.58. The minimum absolute atomic E-state index is 0.323. The highest BCUT2D eigenvalue weighted by Crippen LogP contribution is 2.26. The highest BCUT2D eigenvalue weighted by molar-refractivity contribution is 7.17. The SMILES string of the molecule is CCCNC(Cc1nccc2sccc12)c1ccccc1. The summed E-state index contributed by atoms with van der Waals surface area (Å²) in [5.41, 5.74) is 2.52. The van der Waals surface area contributed by atoms with Crippen LogP contribution in [0, 0.1) is 0 Å². The zero-order valence-corrected chi connectivity index (χ0v) is 13.1. The Morgan fingerprint density at radius 3 is 2.81 bits per heavy atom. The van der Waals surface area contributed by atoms with Crippen LogP contribution in [0.4, 0.5) is 0 Å². The van der Waals surface area contributed by atoms with Crippen LogP contribution >= 0.6 is 11.3 Å². The maximum Gasteiger partial charge on any atom is 0.0509 e. The molecule has 21 heavy (non-hydrogen) atoms. The number of nitrogens with zero attached hydrogens (tertiary/aromatic N) is 1. The van der Waals surface area contributed by atoms with Gasteiger partial charge in [-0.05, 0) is 36.0 Å². The third-order valence-corrected chi connectivity index (χ3v) is 4.58. The number of hydrogen-bond acceptors (Lipinski definition) is 3. The topological polar surface area (TPSA) is 24.9 Å². The van der Waals surface area contributed by atoms with Gasteiger partial charge >= 0.3 is 0 Å². The molecule has 1 aromatic carbocycles. The van der Waals surface area contributed by atoms with Crippen molar-refractivity contribution in [1.82, 2.24) is 10.3 Å². The molecule has 0 aliphatic heterocycles. The number of benzene rings is 1. The van der Waals surface area contributed by atoms with Gasteiger partial charge in [0.15, 0.2) is 0 Å². The Kier molecular flexibility index (Phi) is 4.63. The number of pyridine rings is 1. The fourth-order valence-corrected chi connectivity index (χ4v) is 3.42. The quantitative estimate of drug-likeness (QED) is 0.720. The summed E-state index contributed by atoms with van der Waals surface area (Å²) in [6.45, 7) is 3.23. The van der Waals surface area contributed by atoms with Crippen LogP contribution in [0.25, 0.3) is 10.1 Å². The molecule has 2 heterocycles. The number of hydrogen-bond donors (Lipinski definition) is 1. The van der Waals surface area contributed by atoms with Gasteiger partial charge in [-0.15, -0.1) is 11.3 Å². The van der Waals surface area contributed by atoms with E-state index in [2.05, 4.69) is 65.1 Å². The van der Waals surface area contributed by atoms with Gasteiger partial charge in [-0.25, -0.2) is 0 Å². The molecular weight excluding hydrogens is 276 g/mol. The Balaban J connectivity index is 1.89. The van der Waals surface area contributed by atoms with Gasteiger partial charge in [0.05, 0.1) is 5.69 Å². The molecule has 1 N–H and O–H groups in total. The highest BCUT2D eigenvalue weighted by atomic mass is 32.1. The first-order chi connectivity index (χ1) is 10.4. The molecule has 0 fully saturated rings. The third kappa shape index (κ3) is 3.31. The second-order valence-electron chi connectivity index (χ2n) is 5.21. The van der Waals surface area contributed by atoms with Crippen molar-refractivity contribution in [2.75, 3.05) is 6.54 Å². The molecule has 0 saturated heterocycles. The molecule has 3 heteroatoms. The molecule has 108 valence electrons. The maximum absolute atomic E-state index is 4.62. The summed E-state index contributed by atoms with van der Waals surface area (Å²) >= 11 is 1.78. The minimum Gasteiger partial charge on any atom is -0.310 e. The lowest BCUT2D eigenvalue weighted by Gasteiger charge is -2.19. The molecule has 1 unspecified atom stereocenters. The molecule has 2 nitrogen and oxygen atoms in total. The first kappa shape index (κ1) is 14.2. The largest absolute Gasteiger partial charge is 0.310 e. The third-order valence-electron chi connectivity index (χ3n) is 3.70. The molecule has 0 bridgehead atoms. The molecule has 0 aliphatic carbocycles. The molecule has 3 aromatic rings. The number of aromatic nitrogens is 1. The van der Waals surface area contributed by atoms with Crippen molar-refractivity contribution in [1.29, 1.82) is 0 Å². The number of nitrogens with one attached hydrogen (secondary N) is 1. The van der Waals surface area contributed by atoms with E-state index in [-0.39, 0.29) is 0 Å². The van der Waals surface area contributed by atoms with Gasteiger partial charge in [-0.2, -0.15) is 0 Å². The normalized spacial score (nSPS) is 12.6. The molecule has 2 aromatic heterocycles. The van der Waals surface area contributed by atoms with Crippen molar-refractivity contribution < 1.29 is 0 Å². The van der Waals surface area contributed by atoms with Gasteiger partial charge in [-0.1, -0.05) is 37.3 Å². The van der Waals surface area contributed by atoms with E-state index in [0.717, 1.165) is 19.4 Å². The highest BCUT2D eigenvalue weighted by Gasteiger charge is 2.14. The van der Waals surface area contributed by atoms with E-state index in [1.54, 1.807) is 11.3 Å². The molecular formula is C18H20N2S. The van der Waals surface area contributed by atoms with Crippen LogP contribution in [0.15, 0.2) is 54.0 Å². The predicted molar refractivity (Wildman–Crippen MR) is 90.8 cm³/mol. The molecule has 0 amide bonds. The Labute approximate surface area is 129 Å². The van der Waals surface area contributed by atoms with Gasteiger partial charge in [0, 0.05) is 28.7 Å². The van der Waals surface area contributed by atoms with Crippen LogP contribution in [0.1, 0.15) is 30.6 Å². The summed E-state index contributed by atoms with van der Waals surface area (Å²) in [5.74, 6) is 0. The monoisotopic (exact) mass is 296 g/mol. The summed E-state index contributed by atoms with van der Waals surface area (Å²) in [5, 5.41) is 7.09. The minimum atomic E-state index is 0.323. The first-order valence-electron chi connectivity index (χ1n) is 7.48. The van der Waals surface area contributed by atoms with Gasteiger partial charge in [0.2, 0.25) is 0 Å². The number of thiophene rings is 1. The first-order valence-corrected chi connectivity index (χ1v) is 8.36. The van der Waals surface area contributed by atoms with Crippen molar-refractivity contribution >= 4 is 21.4 Å². The van der Waals surface area contributed by atoms with E-state index >= 15 is 0 Å². The second kappa shape index (κ2) is 6.83. The fourth-order valence-electron chi connectivity index (χ4n) is 2.62. The van der Waals surface area contributed by atoms with Crippen molar-refractivity contribution in [2.24, 2.45) is 0 Å². The average Bonchev–Trinajstić information content (AvgIpc) is 3.01. The molecule has 0 saturated carbocycles. The molecule has 0 spiro atoms. The zero-order valence-electron chi connectivity index (χ0n) is 12.3. The van der Waals surface area contributed by atoms with Crippen LogP contribution in [0.2, 0.25) is 0 Å². The molecule has 3 rings (SSSR count). The van der Waals surface area contributed by atoms with Gasteiger partial charge in [0.25, 0.3) is 0 Å². The lowest BCUT2D eigenvalue weighted by molar-refractivity contribution is 0.526. The Morgan fingerprint density at radius 1 is 1.14 bits per heavy atom. The maximum atomic E-state index is 4.62. The van der Waals surface area contributed by atoms with Crippen LogP contribution < -0.4 is 5.32 Å². The fraction of sp³-hybridized carbons (Fsp3) is 0.278. The lowest BCUT2D eigenvalue weighted by atomic mass is 10.00. The van der Waals surface area contributed by atoms with Gasteiger partial charge in [0.1, 0.15) is 0 Å². The van der Waals surface area contributed by atoms with E-state index in [1.165, 1.54) is 21.3 Å². The summed E-state index contributed by atoms with van der Waals surface area (Å²) in [6, 6.07) is 15.3. The van der Waals surface area contributed by atoms with E-state index < -0.39 is 0 Å². The van der Waals surface area contributed by atoms with E-state index in [1.807, 2.05) is 6.20 Å². The van der Waals surface area contributed by atoms with E-state index in [0.29, 0.717) is 6.04 Å². The molecule has 1 atom stereocenters. The standard InChI is InChI=1S/C18H20N2S/c1-2-10-19-16(14-6-4-3-5-7-14)13-17-15-9-12-21-18(15)8-11-20-17/h3-9,11-12,16,19H,2,10,13H2,1H3. The summed E-state index contributed by atoms with van der Waals surface area (Å²) < 4.78 is 1.32. The van der Waals surface area contributed by atoms with Crippen LogP contribution in [0.3, 0.4) is 0 Å². The van der Waals surface area contributed by atoms with Crippen LogP contribution in [0.5, 0.6) is 0 Å². The smallest absolute Gasteiger partial charge is 0.0509 e. The van der Waals surface area contributed by atoms with Crippen LogP contribution in [-0.2, 0) is 6.42 Å². The summed E-state index contributed by atoms with van der Waals surface area (Å²) in [6.07, 6.45) is 3.99. The Hall–Kier alpha value is -1.71. The average molecular weight is 296 g/mol. The van der Waals surface area contributed by atoms with Crippen molar-refractivity contribution in [3.05, 3.63) is 65.3 Å². The van der Waals surface area contributed by atoms with Crippen molar-refractivity contribution in [3.63, 3.8) is 0 Å². The lowest BCUT2D eigenvalue weighted by Crippen LogP contribution is -2.24. The number of fused-ring (bicyclic) bond motifs is 1. The van der Waals surface area contributed by atoms with Crippen molar-refractivity contribution in [3.8, 4) is 0 Å². The van der Waals surface area contributed by atoms with E-state index in [4.69, 9.17) is 0 Å². The van der Waals surface area contributed by atoms with E-state index in [9.17, 15) is 0 Å². The summed E-state index contributed by atoms with van der Waals surface area (Å²) in [4.78, 5) is 4.62. The molecule has 0 radical (unpaired) electrons. The Morgan fingerprint density at radius 2 is 2.00 bits per heavy atom. The summed E-state index contributed by atoms with van der Waals surface area (Å²) in [7, 11) is 0. The zero-order chi connectivity index (χ0) is 14.5. The number of rotatable bonds is 6. The van der Waals surface area contributed by atoms with Gasteiger partial charge < -0.3 is 5.32 Å².